The third kappa shape index (κ3) is 3.72. The van der Waals surface area contributed by atoms with Crippen LogP contribution in [0.3, 0.4) is 0 Å². The molecule has 8 nitrogen and oxygen atoms in total. The summed E-state index contributed by atoms with van der Waals surface area (Å²) < 4.78 is 6.56. The van der Waals surface area contributed by atoms with Crippen molar-refractivity contribution in [2.75, 3.05) is 12.4 Å². The molecular formula is C16H15N5O3S. The Morgan fingerprint density at radius 3 is 2.64 bits per heavy atom. The molecule has 0 atom stereocenters. The first-order chi connectivity index (χ1) is 12.1. The number of aryl methyl sites for hydroxylation is 1. The van der Waals surface area contributed by atoms with Crippen LogP contribution >= 0.6 is 11.3 Å². The molecule has 9 heteroatoms. The Morgan fingerprint density at radius 2 is 2.00 bits per heavy atom. The molecule has 1 N–H and O–H groups in total. The summed E-state index contributed by atoms with van der Waals surface area (Å²) in [5.41, 5.74) is 0.00749. The third-order valence-corrected chi connectivity index (χ3v) is 4.33. The van der Waals surface area contributed by atoms with E-state index in [9.17, 15) is 9.59 Å². The number of ether oxygens (including phenoxy) is 1. The molecule has 0 bridgehead atoms. The van der Waals surface area contributed by atoms with Gasteiger partial charge in [0.05, 0.1) is 12.8 Å². The number of amides is 1. The number of hydrogen-bond donors (Lipinski definition) is 1. The molecule has 3 aromatic rings. The molecule has 0 spiro atoms. The van der Waals surface area contributed by atoms with E-state index >= 15 is 0 Å². The second-order valence-electron chi connectivity index (χ2n) is 4.98. The van der Waals surface area contributed by atoms with Crippen molar-refractivity contribution in [2.45, 2.75) is 13.3 Å². The zero-order valence-electron chi connectivity index (χ0n) is 13.6. The van der Waals surface area contributed by atoms with E-state index in [2.05, 4.69) is 20.6 Å². The SMILES string of the molecule is CCc1nnc(NC(=O)c2nn(-c3ccc(OC)cc3)ccc2=O)s1. The molecule has 3 rings (SSSR count). The predicted octanol–water partition coefficient (Wildman–Crippen LogP) is 1.91. The molecule has 0 saturated heterocycles. The van der Waals surface area contributed by atoms with Crippen LogP contribution in [0.25, 0.3) is 5.69 Å². The number of carbonyl (C=O) groups is 1. The van der Waals surface area contributed by atoms with Crippen molar-refractivity contribution in [1.29, 1.82) is 0 Å². The van der Waals surface area contributed by atoms with Gasteiger partial charge in [0.1, 0.15) is 10.8 Å². The summed E-state index contributed by atoms with van der Waals surface area (Å²) in [5, 5.41) is 15.6. The molecule has 0 fully saturated rings. The van der Waals surface area contributed by atoms with Gasteiger partial charge in [-0.15, -0.1) is 10.2 Å². The lowest BCUT2D eigenvalue weighted by Gasteiger charge is -2.08. The van der Waals surface area contributed by atoms with Crippen LogP contribution in [0.1, 0.15) is 22.4 Å². The van der Waals surface area contributed by atoms with E-state index < -0.39 is 11.3 Å². The molecule has 1 aromatic carbocycles. The van der Waals surface area contributed by atoms with E-state index in [4.69, 9.17) is 4.74 Å². The number of nitrogens with zero attached hydrogens (tertiary/aromatic N) is 4. The monoisotopic (exact) mass is 357 g/mol. The van der Waals surface area contributed by atoms with E-state index in [1.165, 1.54) is 28.3 Å². The van der Waals surface area contributed by atoms with Crippen LogP contribution in [-0.4, -0.2) is 33.0 Å². The van der Waals surface area contributed by atoms with Crippen LogP contribution in [0.2, 0.25) is 0 Å². The Labute approximate surface area is 147 Å². The van der Waals surface area contributed by atoms with Crippen molar-refractivity contribution in [3.05, 3.63) is 57.5 Å². The lowest BCUT2D eigenvalue weighted by molar-refractivity contribution is 0.101. The highest BCUT2D eigenvalue weighted by atomic mass is 32.1. The maximum Gasteiger partial charge on any atom is 0.282 e. The number of benzene rings is 1. The number of anilines is 1. The predicted molar refractivity (Wildman–Crippen MR) is 93.6 cm³/mol. The molecular weight excluding hydrogens is 342 g/mol. The summed E-state index contributed by atoms with van der Waals surface area (Å²) in [5.74, 6) is 0.0809. The van der Waals surface area contributed by atoms with Crippen molar-refractivity contribution in [3.63, 3.8) is 0 Å². The van der Waals surface area contributed by atoms with Crippen LogP contribution < -0.4 is 15.5 Å². The largest absolute Gasteiger partial charge is 0.497 e. The highest BCUT2D eigenvalue weighted by Gasteiger charge is 2.15. The Hall–Kier alpha value is -3.07. The van der Waals surface area contributed by atoms with Crippen molar-refractivity contribution < 1.29 is 9.53 Å². The first kappa shape index (κ1) is 16.8. The van der Waals surface area contributed by atoms with E-state index in [1.54, 1.807) is 31.4 Å². The Bertz CT molecular complexity index is 949. The first-order valence-corrected chi connectivity index (χ1v) is 8.30. The van der Waals surface area contributed by atoms with Gasteiger partial charge in [-0.2, -0.15) is 5.10 Å². The third-order valence-electron chi connectivity index (χ3n) is 3.35. The van der Waals surface area contributed by atoms with Gasteiger partial charge in [0.25, 0.3) is 5.91 Å². The van der Waals surface area contributed by atoms with Gasteiger partial charge in [0.15, 0.2) is 5.69 Å². The van der Waals surface area contributed by atoms with Gasteiger partial charge < -0.3 is 4.74 Å². The smallest absolute Gasteiger partial charge is 0.282 e. The number of carbonyl (C=O) groups excluding carboxylic acids is 1. The van der Waals surface area contributed by atoms with Crippen LogP contribution in [-0.2, 0) is 6.42 Å². The van der Waals surface area contributed by atoms with Crippen molar-refractivity contribution >= 4 is 22.4 Å². The highest BCUT2D eigenvalue weighted by Crippen LogP contribution is 2.16. The Kier molecular flexibility index (Phi) is 4.85. The van der Waals surface area contributed by atoms with Crippen molar-refractivity contribution in [3.8, 4) is 11.4 Å². The van der Waals surface area contributed by atoms with Gasteiger partial charge in [-0.3, -0.25) is 14.9 Å². The molecule has 25 heavy (non-hydrogen) atoms. The van der Waals surface area contributed by atoms with Gasteiger partial charge in [0.2, 0.25) is 10.6 Å². The normalized spacial score (nSPS) is 10.5. The van der Waals surface area contributed by atoms with Crippen LogP contribution in [0, 0.1) is 0 Å². The number of methoxy groups -OCH3 is 1. The fraction of sp³-hybridized carbons (Fsp3) is 0.188. The number of nitrogens with one attached hydrogen (secondary N) is 1. The Balaban J connectivity index is 1.87. The van der Waals surface area contributed by atoms with Crippen LogP contribution in [0.15, 0.2) is 41.3 Å². The zero-order chi connectivity index (χ0) is 17.8. The second kappa shape index (κ2) is 7.22. The molecule has 2 heterocycles. The minimum atomic E-state index is -0.619. The number of aromatic nitrogens is 4. The van der Waals surface area contributed by atoms with Gasteiger partial charge in [-0.05, 0) is 30.7 Å². The first-order valence-electron chi connectivity index (χ1n) is 7.49. The minimum absolute atomic E-state index is 0.216. The lowest BCUT2D eigenvalue weighted by atomic mass is 10.3. The molecule has 0 aliphatic heterocycles. The summed E-state index contributed by atoms with van der Waals surface area (Å²) in [4.78, 5) is 24.4. The Morgan fingerprint density at radius 1 is 1.24 bits per heavy atom. The van der Waals surface area contributed by atoms with Gasteiger partial charge >= 0.3 is 0 Å². The maximum absolute atomic E-state index is 12.3. The highest BCUT2D eigenvalue weighted by molar-refractivity contribution is 7.15. The van der Waals surface area contributed by atoms with E-state index in [0.29, 0.717) is 16.6 Å². The van der Waals surface area contributed by atoms with Gasteiger partial charge in [-0.25, -0.2) is 4.68 Å². The average Bonchev–Trinajstić information content (AvgIpc) is 3.09. The summed E-state index contributed by atoms with van der Waals surface area (Å²) in [6, 6.07) is 8.38. The topological polar surface area (TPSA) is 99.0 Å². The van der Waals surface area contributed by atoms with Crippen LogP contribution in [0.5, 0.6) is 5.75 Å². The summed E-state index contributed by atoms with van der Waals surface area (Å²) >= 11 is 1.26. The van der Waals surface area contributed by atoms with E-state index in [-0.39, 0.29) is 5.69 Å². The molecule has 0 aliphatic carbocycles. The van der Waals surface area contributed by atoms with E-state index in [1.807, 2.05) is 6.92 Å². The average molecular weight is 357 g/mol. The summed E-state index contributed by atoms with van der Waals surface area (Å²) in [7, 11) is 1.58. The second-order valence-corrected chi connectivity index (χ2v) is 6.04. The molecule has 0 unspecified atom stereocenters. The van der Waals surface area contributed by atoms with Gasteiger partial charge in [0, 0.05) is 12.3 Å². The molecule has 1 amide bonds. The molecule has 128 valence electrons. The quantitative estimate of drug-likeness (QED) is 0.749. The number of hydrogen-bond acceptors (Lipinski definition) is 7. The zero-order valence-corrected chi connectivity index (χ0v) is 14.4. The van der Waals surface area contributed by atoms with Crippen LogP contribution in [0.4, 0.5) is 5.13 Å². The van der Waals surface area contributed by atoms with E-state index in [0.717, 1.165) is 11.4 Å². The fourth-order valence-corrected chi connectivity index (χ4v) is 2.72. The van der Waals surface area contributed by atoms with Crippen molar-refractivity contribution in [2.24, 2.45) is 0 Å². The standard InChI is InChI=1S/C16H15N5O3S/c1-3-13-18-19-16(25-13)17-15(23)14-12(22)8-9-21(20-14)10-4-6-11(24-2)7-5-10/h4-9H,3H2,1-2H3,(H,17,19,23). The summed E-state index contributed by atoms with van der Waals surface area (Å²) in [6.45, 7) is 1.94. The minimum Gasteiger partial charge on any atom is -0.497 e. The van der Waals surface area contributed by atoms with Crippen molar-refractivity contribution in [1.82, 2.24) is 20.0 Å². The maximum atomic E-state index is 12.3. The molecule has 2 aromatic heterocycles. The fourth-order valence-electron chi connectivity index (χ4n) is 2.05. The van der Waals surface area contributed by atoms with Gasteiger partial charge in [-0.1, -0.05) is 18.3 Å². The molecule has 0 aliphatic rings. The molecule has 0 radical (unpaired) electrons. The molecule has 0 saturated carbocycles. The summed E-state index contributed by atoms with van der Waals surface area (Å²) in [6.07, 6.45) is 2.22. The lowest BCUT2D eigenvalue weighted by Crippen LogP contribution is -2.25. The number of rotatable bonds is 5.